The van der Waals surface area contributed by atoms with Crippen molar-refractivity contribution in [3.63, 3.8) is 0 Å². The van der Waals surface area contributed by atoms with Crippen LogP contribution in [0.5, 0.6) is 5.75 Å². The highest BCUT2D eigenvalue weighted by Crippen LogP contribution is 2.37. The maximum absolute atomic E-state index is 12.7. The standard InChI is InChI=1S/C21H21N3O4S.CH2O/c1-2-5-24-8-11-27-17-4-3-15(22-21(17)24)14-13-29-20-16(25)12-18(28-19(14)20)23-6-9-26-10-7-23;1-2/h2-4,12-13H,1,5-11H2;1H2. The van der Waals surface area contributed by atoms with E-state index in [1.54, 1.807) is 6.07 Å². The zero-order chi connectivity index (χ0) is 21.8. The van der Waals surface area contributed by atoms with Crippen LogP contribution in [0.3, 0.4) is 0 Å². The molecule has 1 fully saturated rings. The van der Waals surface area contributed by atoms with Gasteiger partial charge in [0.25, 0.3) is 0 Å². The number of fused-ring (bicyclic) bond motifs is 2. The first-order valence-corrected chi connectivity index (χ1v) is 10.8. The van der Waals surface area contributed by atoms with Crippen LogP contribution in [0.2, 0.25) is 0 Å². The van der Waals surface area contributed by atoms with E-state index in [-0.39, 0.29) is 5.43 Å². The van der Waals surface area contributed by atoms with Crippen LogP contribution >= 0.6 is 11.3 Å². The number of hydrogen-bond acceptors (Lipinski definition) is 9. The number of hydrogen-bond donors (Lipinski definition) is 0. The van der Waals surface area contributed by atoms with Gasteiger partial charge in [-0.15, -0.1) is 17.9 Å². The number of morpholine rings is 1. The fourth-order valence-electron chi connectivity index (χ4n) is 3.68. The first kappa shape index (κ1) is 21.1. The molecule has 162 valence electrons. The summed E-state index contributed by atoms with van der Waals surface area (Å²) in [6.07, 6.45) is 1.86. The average molecular weight is 442 g/mol. The van der Waals surface area contributed by atoms with Crippen molar-refractivity contribution in [2.45, 2.75) is 0 Å². The number of aromatic nitrogens is 1. The van der Waals surface area contributed by atoms with Gasteiger partial charge in [0, 0.05) is 31.1 Å². The minimum atomic E-state index is -0.0291. The normalized spacial score (nSPS) is 15.6. The Morgan fingerprint density at radius 1 is 1.16 bits per heavy atom. The van der Waals surface area contributed by atoms with Gasteiger partial charge in [-0.3, -0.25) is 4.79 Å². The molecule has 0 amide bonds. The van der Waals surface area contributed by atoms with Gasteiger partial charge >= 0.3 is 0 Å². The van der Waals surface area contributed by atoms with Crippen molar-refractivity contribution in [1.29, 1.82) is 0 Å². The molecular weight excluding hydrogens is 418 g/mol. The van der Waals surface area contributed by atoms with E-state index in [9.17, 15) is 4.79 Å². The summed E-state index contributed by atoms with van der Waals surface area (Å²) in [5, 5.41) is 1.94. The van der Waals surface area contributed by atoms with Gasteiger partial charge in [0.05, 0.1) is 31.0 Å². The molecule has 0 unspecified atom stereocenters. The second-order valence-corrected chi connectivity index (χ2v) is 7.84. The van der Waals surface area contributed by atoms with E-state index in [1.807, 2.05) is 35.3 Å². The third-order valence-electron chi connectivity index (χ3n) is 5.14. The smallest absolute Gasteiger partial charge is 0.204 e. The lowest BCUT2D eigenvalue weighted by atomic mass is 10.2. The quantitative estimate of drug-likeness (QED) is 0.572. The minimum absolute atomic E-state index is 0.0291. The molecule has 3 aromatic heterocycles. The first-order chi connectivity index (χ1) is 15.2. The number of nitrogens with zero attached hydrogens (tertiary/aromatic N) is 3. The fourth-order valence-corrected chi connectivity index (χ4v) is 4.57. The Balaban J connectivity index is 0.00000112. The van der Waals surface area contributed by atoms with Crippen LogP contribution in [-0.2, 0) is 9.53 Å². The molecule has 3 aromatic rings. The number of ether oxygens (including phenoxy) is 2. The van der Waals surface area contributed by atoms with E-state index >= 15 is 0 Å². The minimum Gasteiger partial charge on any atom is -0.488 e. The Morgan fingerprint density at radius 2 is 1.97 bits per heavy atom. The van der Waals surface area contributed by atoms with Crippen LogP contribution in [0, 0.1) is 0 Å². The lowest BCUT2D eigenvalue weighted by Crippen LogP contribution is -2.36. The Kier molecular flexibility index (Phi) is 6.34. The van der Waals surface area contributed by atoms with Crippen LogP contribution < -0.4 is 20.0 Å². The van der Waals surface area contributed by atoms with Crippen molar-refractivity contribution in [3.05, 3.63) is 46.5 Å². The van der Waals surface area contributed by atoms with Crippen LogP contribution in [0.4, 0.5) is 11.7 Å². The van der Waals surface area contributed by atoms with Gasteiger partial charge in [-0.1, -0.05) is 6.08 Å². The van der Waals surface area contributed by atoms with Crippen molar-refractivity contribution in [1.82, 2.24) is 4.98 Å². The molecule has 0 saturated carbocycles. The third-order valence-corrected chi connectivity index (χ3v) is 6.11. The molecular formula is C22H23N3O5S. The van der Waals surface area contributed by atoms with Gasteiger partial charge in [0.15, 0.2) is 23.0 Å². The predicted molar refractivity (Wildman–Crippen MR) is 122 cm³/mol. The molecule has 0 N–H and O–H groups in total. The van der Waals surface area contributed by atoms with Crippen LogP contribution in [0.25, 0.3) is 21.5 Å². The van der Waals surface area contributed by atoms with Gasteiger partial charge in [0.2, 0.25) is 5.43 Å². The van der Waals surface area contributed by atoms with Gasteiger partial charge in [-0.05, 0) is 12.1 Å². The molecule has 0 bridgehead atoms. The van der Waals surface area contributed by atoms with Crippen molar-refractivity contribution in [2.75, 3.05) is 55.8 Å². The molecule has 5 heterocycles. The number of carbonyl (C=O) groups excluding carboxylic acids is 1. The molecule has 31 heavy (non-hydrogen) atoms. The number of carbonyl (C=O) groups is 1. The van der Waals surface area contributed by atoms with E-state index in [0.717, 1.165) is 29.4 Å². The van der Waals surface area contributed by atoms with E-state index in [0.29, 0.717) is 55.6 Å². The molecule has 1 saturated heterocycles. The SMILES string of the molecule is C=CCN1CCOc2ccc(-c3csc4c(=O)cc(N5CCOCC5)oc34)nc21.C=O. The van der Waals surface area contributed by atoms with Gasteiger partial charge in [-0.2, -0.15) is 0 Å². The highest BCUT2D eigenvalue weighted by Gasteiger charge is 2.22. The molecule has 2 aliphatic rings. The van der Waals surface area contributed by atoms with Gasteiger partial charge in [0.1, 0.15) is 18.1 Å². The predicted octanol–water partition coefficient (Wildman–Crippen LogP) is 2.95. The second kappa shape index (κ2) is 9.32. The Labute approximate surface area is 183 Å². The summed E-state index contributed by atoms with van der Waals surface area (Å²) >= 11 is 1.39. The number of thiophene rings is 1. The summed E-state index contributed by atoms with van der Waals surface area (Å²) in [6.45, 7) is 10.6. The van der Waals surface area contributed by atoms with Crippen molar-refractivity contribution >= 4 is 40.1 Å². The Morgan fingerprint density at radius 3 is 2.74 bits per heavy atom. The topological polar surface area (TPSA) is 85.1 Å². The largest absolute Gasteiger partial charge is 0.488 e. The van der Waals surface area contributed by atoms with E-state index in [2.05, 4.69) is 11.5 Å². The third kappa shape index (κ3) is 4.06. The number of pyridine rings is 1. The molecule has 8 nitrogen and oxygen atoms in total. The lowest BCUT2D eigenvalue weighted by Gasteiger charge is -2.29. The van der Waals surface area contributed by atoms with Crippen LogP contribution in [0.1, 0.15) is 0 Å². The maximum Gasteiger partial charge on any atom is 0.204 e. The Hall–Kier alpha value is -3.17. The summed E-state index contributed by atoms with van der Waals surface area (Å²) in [6, 6.07) is 5.42. The second-order valence-electron chi connectivity index (χ2n) is 6.96. The monoisotopic (exact) mass is 441 g/mol. The molecule has 5 rings (SSSR count). The summed E-state index contributed by atoms with van der Waals surface area (Å²) in [5.74, 6) is 2.14. The lowest BCUT2D eigenvalue weighted by molar-refractivity contribution is -0.0979. The summed E-state index contributed by atoms with van der Waals surface area (Å²) in [7, 11) is 0. The van der Waals surface area contributed by atoms with Crippen LogP contribution in [-0.4, -0.2) is 57.8 Å². The highest BCUT2D eigenvalue weighted by atomic mass is 32.1. The zero-order valence-electron chi connectivity index (χ0n) is 17.0. The van der Waals surface area contributed by atoms with Gasteiger partial charge < -0.3 is 28.5 Å². The highest BCUT2D eigenvalue weighted by molar-refractivity contribution is 7.17. The molecule has 0 atom stereocenters. The zero-order valence-corrected chi connectivity index (χ0v) is 17.9. The van der Waals surface area contributed by atoms with Crippen molar-refractivity contribution in [3.8, 4) is 17.0 Å². The summed E-state index contributed by atoms with van der Waals surface area (Å²) in [5.41, 5.74) is 2.14. The number of anilines is 2. The molecule has 0 aliphatic carbocycles. The first-order valence-electron chi connectivity index (χ1n) is 9.91. The van der Waals surface area contributed by atoms with E-state index in [4.69, 9.17) is 23.7 Å². The van der Waals surface area contributed by atoms with Crippen molar-refractivity contribution < 1.29 is 18.7 Å². The maximum atomic E-state index is 12.7. The van der Waals surface area contributed by atoms with Crippen LogP contribution in [0.15, 0.2) is 45.4 Å². The molecule has 0 aromatic carbocycles. The molecule has 0 radical (unpaired) electrons. The Bertz CT molecular complexity index is 1140. The van der Waals surface area contributed by atoms with E-state index in [1.165, 1.54) is 11.3 Å². The van der Waals surface area contributed by atoms with Crippen molar-refractivity contribution in [2.24, 2.45) is 0 Å². The van der Waals surface area contributed by atoms with E-state index < -0.39 is 0 Å². The summed E-state index contributed by atoms with van der Waals surface area (Å²) < 4.78 is 18.0. The fraction of sp³-hybridized carbons (Fsp3) is 0.318. The van der Waals surface area contributed by atoms with Gasteiger partial charge in [-0.25, -0.2) is 4.98 Å². The average Bonchev–Trinajstić information content (AvgIpc) is 3.26. The number of rotatable bonds is 4. The summed E-state index contributed by atoms with van der Waals surface area (Å²) in [4.78, 5) is 29.7. The molecule has 9 heteroatoms. The molecule has 2 aliphatic heterocycles. The molecule has 0 spiro atoms.